The molecule has 4 nitrogen and oxygen atoms in total. The van der Waals surface area contributed by atoms with E-state index in [4.69, 9.17) is 0 Å². The molecule has 0 bridgehead atoms. The highest BCUT2D eigenvalue weighted by Gasteiger charge is 2.19. The molecule has 1 aliphatic rings. The first-order chi connectivity index (χ1) is 13.3. The third kappa shape index (κ3) is 13.0. The average molecular weight is 380 g/mol. The lowest BCUT2D eigenvalue weighted by atomic mass is 10.1. The molecule has 1 unspecified atom stereocenters. The summed E-state index contributed by atoms with van der Waals surface area (Å²) in [6.45, 7) is 8.74. The van der Waals surface area contributed by atoms with Gasteiger partial charge in [0.1, 0.15) is 0 Å². The summed E-state index contributed by atoms with van der Waals surface area (Å²) in [5, 5.41) is 3.51. The Hall–Kier alpha value is -0.900. The smallest absolute Gasteiger partial charge is 0.230 e. The van der Waals surface area contributed by atoms with Crippen LogP contribution in [0.25, 0.3) is 0 Å². The maximum absolute atomic E-state index is 12.3. The number of rotatable bonds is 16. The van der Waals surface area contributed by atoms with E-state index in [0.29, 0.717) is 0 Å². The number of hydrogen-bond donors (Lipinski definition) is 1. The van der Waals surface area contributed by atoms with E-state index in [1.165, 1.54) is 77.0 Å². The minimum Gasteiger partial charge on any atom is -0.341 e. The van der Waals surface area contributed by atoms with Gasteiger partial charge in [-0.05, 0) is 26.3 Å². The normalized spacial score (nSPS) is 17.9. The van der Waals surface area contributed by atoms with Gasteiger partial charge in [-0.3, -0.25) is 9.79 Å². The van der Waals surface area contributed by atoms with Crippen molar-refractivity contribution in [2.45, 2.75) is 97.3 Å². The Bertz CT molecular complexity index is 384. The standard InChI is InChI=1S/C23H45N3O/c1-3-4-5-6-7-8-9-10-11-12-13-14-16-24-18-20-26-19-15-17-25-21-22(2)23(26)27/h21-22,24H,3-20H2,1-2H3. The number of carbonyl (C=O) groups excluding carboxylic acids is 1. The van der Waals surface area contributed by atoms with E-state index in [1.54, 1.807) is 0 Å². The highest BCUT2D eigenvalue weighted by atomic mass is 16.2. The van der Waals surface area contributed by atoms with Crippen LogP contribution in [0, 0.1) is 5.92 Å². The number of carbonyl (C=O) groups is 1. The van der Waals surface area contributed by atoms with Crippen LogP contribution >= 0.6 is 0 Å². The summed E-state index contributed by atoms with van der Waals surface area (Å²) in [6, 6.07) is 0. The molecule has 1 rings (SSSR count). The van der Waals surface area contributed by atoms with Gasteiger partial charge in [0.25, 0.3) is 0 Å². The lowest BCUT2D eigenvalue weighted by molar-refractivity contribution is -0.132. The second-order valence-electron chi connectivity index (χ2n) is 8.16. The van der Waals surface area contributed by atoms with E-state index < -0.39 is 0 Å². The minimum absolute atomic E-state index is 0.0679. The first kappa shape index (κ1) is 24.1. The molecule has 1 aliphatic heterocycles. The Morgan fingerprint density at radius 1 is 0.963 bits per heavy atom. The minimum atomic E-state index is -0.0679. The van der Waals surface area contributed by atoms with Gasteiger partial charge in [-0.25, -0.2) is 0 Å². The van der Waals surface area contributed by atoms with Crippen molar-refractivity contribution in [3.8, 4) is 0 Å². The summed E-state index contributed by atoms with van der Waals surface area (Å²) >= 11 is 0. The summed E-state index contributed by atoms with van der Waals surface area (Å²) < 4.78 is 0. The van der Waals surface area contributed by atoms with Gasteiger partial charge in [0.2, 0.25) is 5.91 Å². The molecule has 1 atom stereocenters. The zero-order chi connectivity index (χ0) is 19.6. The highest BCUT2D eigenvalue weighted by molar-refractivity contribution is 5.93. The van der Waals surface area contributed by atoms with Crippen molar-refractivity contribution in [2.24, 2.45) is 10.9 Å². The van der Waals surface area contributed by atoms with Crippen LogP contribution in [0.4, 0.5) is 0 Å². The summed E-state index contributed by atoms with van der Waals surface area (Å²) in [6.07, 6.45) is 19.5. The van der Waals surface area contributed by atoms with E-state index >= 15 is 0 Å². The summed E-state index contributed by atoms with van der Waals surface area (Å²) in [4.78, 5) is 18.6. The molecule has 0 saturated heterocycles. The fraction of sp³-hybridized carbons (Fsp3) is 0.913. The van der Waals surface area contributed by atoms with E-state index in [9.17, 15) is 4.79 Å². The molecule has 27 heavy (non-hydrogen) atoms. The number of hydrogen-bond acceptors (Lipinski definition) is 3. The quantitative estimate of drug-likeness (QED) is 0.374. The van der Waals surface area contributed by atoms with Crippen LogP contribution in [0.5, 0.6) is 0 Å². The lowest BCUT2D eigenvalue weighted by Crippen LogP contribution is -2.41. The van der Waals surface area contributed by atoms with Crippen molar-refractivity contribution in [1.29, 1.82) is 0 Å². The predicted molar refractivity (Wildman–Crippen MR) is 118 cm³/mol. The predicted octanol–water partition coefficient (Wildman–Crippen LogP) is 5.22. The molecule has 1 N–H and O–H groups in total. The molecule has 0 saturated carbocycles. The molecule has 4 heteroatoms. The lowest BCUT2D eigenvalue weighted by Gasteiger charge is -2.26. The third-order valence-corrected chi connectivity index (χ3v) is 5.51. The van der Waals surface area contributed by atoms with Crippen LogP contribution in [0.3, 0.4) is 0 Å². The maximum atomic E-state index is 12.3. The highest BCUT2D eigenvalue weighted by Crippen LogP contribution is 2.11. The van der Waals surface area contributed by atoms with Gasteiger partial charge in [-0.15, -0.1) is 0 Å². The van der Waals surface area contributed by atoms with Crippen LogP contribution < -0.4 is 5.32 Å². The molecule has 0 aromatic carbocycles. The monoisotopic (exact) mass is 379 g/mol. The van der Waals surface area contributed by atoms with Crippen molar-refractivity contribution in [1.82, 2.24) is 10.2 Å². The number of nitrogens with zero attached hydrogens (tertiary/aromatic N) is 2. The molecular weight excluding hydrogens is 334 g/mol. The zero-order valence-electron chi connectivity index (χ0n) is 18.2. The van der Waals surface area contributed by atoms with Crippen molar-refractivity contribution < 1.29 is 4.79 Å². The number of unbranched alkanes of at least 4 members (excludes halogenated alkanes) is 11. The van der Waals surface area contributed by atoms with Crippen LogP contribution in [-0.4, -0.2) is 49.7 Å². The molecule has 1 heterocycles. The Balaban J connectivity index is 1.86. The summed E-state index contributed by atoms with van der Waals surface area (Å²) in [5.74, 6) is 0.159. The first-order valence-electron chi connectivity index (χ1n) is 11.7. The molecule has 0 aromatic heterocycles. The number of aliphatic imine (C=N–C) groups is 1. The Kier molecular flexibility index (Phi) is 15.4. The van der Waals surface area contributed by atoms with E-state index in [1.807, 2.05) is 18.0 Å². The van der Waals surface area contributed by atoms with Crippen molar-refractivity contribution in [3.63, 3.8) is 0 Å². The SMILES string of the molecule is CCCCCCCCCCCCCCNCCN1CCCN=CC(C)C1=O. The van der Waals surface area contributed by atoms with Gasteiger partial charge in [-0.2, -0.15) is 0 Å². The van der Waals surface area contributed by atoms with E-state index in [2.05, 4.69) is 17.2 Å². The molecule has 0 spiro atoms. The Morgan fingerprint density at radius 3 is 2.19 bits per heavy atom. The molecule has 0 aromatic rings. The first-order valence-corrected chi connectivity index (χ1v) is 11.7. The fourth-order valence-corrected chi connectivity index (χ4v) is 3.70. The Morgan fingerprint density at radius 2 is 1.56 bits per heavy atom. The molecule has 0 radical (unpaired) electrons. The van der Waals surface area contributed by atoms with Crippen molar-refractivity contribution in [2.75, 3.05) is 32.7 Å². The summed E-state index contributed by atoms with van der Waals surface area (Å²) in [5.41, 5.74) is 0. The second-order valence-corrected chi connectivity index (χ2v) is 8.16. The topological polar surface area (TPSA) is 44.7 Å². The fourth-order valence-electron chi connectivity index (χ4n) is 3.70. The zero-order valence-corrected chi connectivity index (χ0v) is 18.2. The summed E-state index contributed by atoms with van der Waals surface area (Å²) in [7, 11) is 0. The average Bonchev–Trinajstić information content (AvgIpc) is 2.67. The molecule has 0 aliphatic carbocycles. The molecule has 158 valence electrons. The van der Waals surface area contributed by atoms with Gasteiger partial charge in [0, 0.05) is 32.4 Å². The van der Waals surface area contributed by atoms with E-state index in [0.717, 1.165) is 39.1 Å². The molecule has 1 amide bonds. The second kappa shape index (κ2) is 17.2. The van der Waals surface area contributed by atoms with E-state index in [-0.39, 0.29) is 11.8 Å². The third-order valence-electron chi connectivity index (χ3n) is 5.51. The van der Waals surface area contributed by atoms with Crippen LogP contribution in [0.1, 0.15) is 97.3 Å². The van der Waals surface area contributed by atoms with Crippen LogP contribution in [0.2, 0.25) is 0 Å². The van der Waals surface area contributed by atoms with Gasteiger partial charge in [-0.1, -0.05) is 77.6 Å². The van der Waals surface area contributed by atoms with Crippen LogP contribution in [-0.2, 0) is 4.79 Å². The number of amides is 1. The van der Waals surface area contributed by atoms with Gasteiger partial charge < -0.3 is 10.2 Å². The van der Waals surface area contributed by atoms with Crippen molar-refractivity contribution >= 4 is 12.1 Å². The Labute approximate surface area is 168 Å². The van der Waals surface area contributed by atoms with Gasteiger partial charge in [0.15, 0.2) is 0 Å². The van der Waals surface area contributed by atoms with Crippen molar-refractivity contribution in [3.05, 3.63) is 0 Å². The van der Waals surface area contributed by atoms with Gasteiger partial charge in [0.05, 0.1) is 5.92 Å². The van der Waals surface area contributed by atoms with Gasteiger partial charge >= 0.3 is 0 Å². The molecular formula is C23H45N3O. The maximum Gasteiger partial charge on any atom is 0.230 e. The largest absolute Gasteiger partial charge is 0.341 e. The number of nitrogens with one attached hydrogen (secondary N) is 1. The van der Waals surface area contributed by atoms with Crippen LogP contribution in [0.15, 0.2) is 4.99 Å². The molecule has 0 fully saturated rings.